The van der Waals surface area contributed by atoms with Crippen molar-refractivity contribution in [2.45, 2.75) is 206 Å². The Labute approximate surface area is 374 Å². The third-order valence-electron chi connectivity index (χ3n) is 10.1. The van der Waals surface area contributed by atoms with Gasteiger partial charge in [-0.15, -0.1) is 0 Å². The van der Waals surface area contributed by atoms with Gasteiger partial charge in [0.15, 0.2) is 0 Å². The lowest BCUT2D eigenvalue weighted by Crippen LogP contribution is -2.46. The number of hydrogen-bond donors (Lipinski definition) is 3. The Bertz CT molecular complexity index is 1310. The first-order chi connectivity index (χ1) is 30.0. The first kappa shape index (κ1) is 57.3. The van der Waals surface area contributed by atoms with Gasteiger partial charge in [0, 0.05) is 12.8 Å². The number of ether oxygens (including phenoxy) is 1. The lowest BCUT2D eigenvalue weighted by molar-refractivity contribution is -0.150. The molecule has 0 radical (unpaired) electrons. The maximum atomic E-state index is 13.1. The molecule has 0 aromatic rings. The number of carbonyl (C=O) groups excluding carboxylic acids is 2. The summed E-state index contributed by atoms with van der Waals surface area (Å²) in [5, 5.41) is 23.6. The van der Waals surface area contributed by atoms with E-state index < -0.39 is 18.2 Å². The average molecular weight is 844 g/mol. The van der Waals surface area contributed by atoms with Crippen LogP contribution >= 0.6 is 0 Å². The lowest BCUT2D eigenvalue weighted by Gasteiger charge is -2.24. The fraction of sp³-hybridized carbons (Fsp3) is 0.600. The van der Waals surface area contributed by atoms with Crippen molar-refractivity contribution in [2.75, 3.05) is 6.61 Å². The summed E-state index contributed by atoms with van der Waals surface area (Å²) >= 11 is 0. The van der Waals surface area contributed by atoms with Crippen LogP contribution in [0, 0.1) is 0 Å². The average Bonchev–Trinajstić information content (AvgIpc) is 3.25. The Morgan fingerprint density at radius 1 is 0.508 bits per heavy atom. The Morgan fingerprint density at radius 2 is 0.885 bits per heavy atom. The molecule has 0 aliphatic heterocycles. The molecule has 0 aromatic heterocycles. The number of aliphatic hydroxyl groups is 2. The minimum atomic E-state index is -0.831. The molecule has 0 heterocycles. The topological polar surface area (TPSA) is 95.9 Å². The summed E-state index contributed by atoms with van der Waals surface area (Å²) < 4.78 is 5.81. The fourth-order valence-electron chi connectivity index (χ4n) is 6.44. The first-order valence-corrected chi connectivity index (χ1v) is 24.3. The van der Waals surface area contributed by atoms with Crippen molar-refractivity contribution >= 4 is 11.9 Å². The molecule has 0 saturated carbocycles. The minimum Gasteiger partial charge on any atom is -0.461 e. The van der Waals surface area contributed by atoms with E-state index in [9.17, 15) is 19.8 Å². The molecule has 3 N–H and O–H groups in total. The predicted octanol–water partition coefficient (Wildman–Crippen LogP) is 14.5. The van der Waals surface area contributed by atoms with Crippen LogP contribution < -0.4 is 5.32 Å². The van der Waals surface area contributed by atoms with E-state index in [4.69, 9.17) is 4.74 Å². The molecule has 0 spiro atoms. The zero-order valence-electron chi connectivity index (χ0n) is 39.0. The number of esters is 1. The number of carbonyl (C=O) groups is 2. The van der Waals surface area contributed by atoms with Gasteiger partial charge in [0.1, 0.15) is 6.10 Å². The van der Waals surface area contributed by atoms with Crippen LogP contribution in [0.5, 0.6) is 0 Å². The van der Waals surface area contributed by atoms with E-state index >= 15 is 0 Å². The van der Waals surface area contributed by atoms with Gasteiger partial charge in [0.25, 0.3) is 0 Å². The predicted molar refractivity (Wildman–Crippen MR) is 263 cm³/mol. The van der Waals surface area contributed by atoms with Crippen LogP contribution in [0.15, 0.2) is 122 Å². The van der Waals surface area contributed by atoms with Crippen molar-refractivity contribution in [3.8, 4) is 0 Å². The molecule has 0 saturated heterocycles. The molecule has 344 valence electrons. The van der Waals surface area contributed by atoms with Gasteiger partial charge in [-0.05, 0) is 77.0 Å². The lowest BCUT2D eigenvalue weighted by atomic mass is 10.0. The van der Waals surface area contributed by atoms with Gasteiger partial charge in [-0.2, -0.15) is 0 Å². The molecule has 0 aromatic carbocycles. The number of allylic oxidation sites excluding steroid dienone is 19. The van der Waals surface area contributed by atoms with Gasteiger partial charge in [0.05, 0.1) is 25.2 Å². The molecule has 0 aliphatic rings. The van der Waals surface area contributed by atoms with E-state index in [1.165, 1.54) is 51.4 Å². The third kappa shape index (κ3) is 42.7. The molecule has 61 heavy (non-hydrogen) atoms. The van der Waals surface area contributed by atoms with Crippen molar-refractivity contribution in [1.29, 1.82) is 0 Å². The molecule has 3 unspecified atom stereocenters. The van der Waals surface area contributed by atoms with Gasteiger partial charge >= 0.3 is 5.97 Å². The highest BCUT2D eigenvalue weighted by atomic mass is 16.5. The van der Waals surface area contributed by atoms with E-state index in [-0.39, 0.29) is 31.3 Å². The number of rotatable bonds is 41. The van der Waals surface area contributed by atoms with E-state index in [2.05, 4.69) is 129 Å². The molecule has 1 amide bonds. The summed E-state index contributed by atoms with van der Waals surface area (Å²) in [6, 6.07) is -0.754. The summed E-state index contributed by atoms with van der Waals surface area (Å²) in [4.78, 5) is 26.0. The third-order valence-corrected chi connectivity index (χ3v) is 10.1. The Kier molecular flexibility index (Phi) is 44.4. The smallest absolute Gasteiger partial charge is 0.306 e. The maximum absolute atomic E-state index is 13.1. The summed E-state index contributed by atoms with van der Waals surface area (Å²) in [5.41, 5.74) is 0. The van der Waals surface area contributed by atoms with Gasteiger partial charge in [-0.1, -0.05) is 213 Å². The Morgan fingerprint density at radius 3 is 1.30 bits per heavy atom. The van der Waals surface area contributed by atoms with Gasteiger partial charge in [-0.3, -0.25) is 9.59 Å². The number of hydrogen-bond acceptors (Lipinski definition) is 5. The Hall–Kier alpha value is -3.74. The summed E-state index contributed by atoms with van der Waals surface area (Å²) in [7, 11) is 0. The standard InChI is InChI=1S/C55H89NO5/c1-4-7-10-13-16-19-22-24-26-28-30-33-36-39-42-45-48-55(60)61-51(46-43-40-37-34-32-29-27-25-23-20-17-14-11-8-5-2)49-54(59)56-52(50-57)53(58)47-44-41-38-35-31-21-18-15-12-9-6-3/h7-8,10-11,16-17,19-20,24-27,30,32-34,39-40,42-43,51-53,57-58H,4-6,9,12-15,18,21-23,28-29,31,35-38,41,44-50H2,1-3H3,(H,56,59)/b10-7+,11-8-,19-16+,20-17-,26-24+,27-25-,33-30+,34-32-,42-39+,43-40-. The second kappa shape index (κ2) is 47.3. The van der Waals surface area contributed by atoms with Gasteiger partial charge in [-0.25, -0.2) is 0 Å². The maximum Gasteiger partial charge on any atom is 0.306 e. The van der Waals surface area contributed by atoms with Crippen LogP contribution in [0.4, 0.5) is 0 Å². The largest absolute Gasteiger partial charge is 0.461 e. The molecule has 0 rings (SSSR count). The zero-order valence-corrected chi connectivity index (χ0v) is 39.0. The molecule has 6 nitrogen and oxygen atoms in total. The van der Waals surface area contributed by atoms with Crippen LogP contribution in [-0.4, -0.2) is 46.9 Å². The van der Waals surface area contributed by atoms with E-state index in [1.807, 2.05) is 18.2 Å². The van der Waals surface area contributed by atoms with Crippen molar-refractivity contribution in [2.24, 2.45) is 0 Å². The van der Waals surface area contributed by atoms with Crippen molar-refractivity contribution < 1.29 is 24.5 Å². The normalized spacial score (nSPS) is 14.4. The van der Waals surface area contributed by atoms with Crippen LogP contribution in [0.25, 0.3) is 0 Å². The molecule has 0 fully saturated rings. The quantitative estimate of drug-likeness (QED) is 0.0324. The van der Waals surface area contributed by atoms with Crippen molar-refractivity contribution in [1.82, 2.24) is 5.32 Å². The summed E-state index contributed by atoms with van der Waals surface area (Å²) in [5.74, 6) is -0.693. The van der Waals surface area contributed by atoms with Crippen molar-refractivity contribution in [3.05, 3.63) is 122 Å². The van der Waals surface area contributed by atoms with E-state index in [0.717, 1.165) is 83.5 Å². The molecule has 0 aliphatic carbocycles. The van der Waals surface area contributed by atoms with Crippen LogP contribution in [-0.2, 0) is 14.3 Å². The van der Waals surface area contributed by atoms with Gasteiger partial charge < -0.3 is 20.3 Å². The highest BCUT2D eigenvalue weighted by Crippen LogP contribution is 2.15. The number of nitrogens with one attached hydrogen (secondary N) is 1. The monoisotopic (exact) mass is 844 g/mol. The number of aliphatic hydroxyl groups excluding tert-OH is 2. The van der Waals surface area contributed by atoms with E-state index in [1.54, 1.807) is 0 Å². The zero-order chi connectivity index (χ0) is 44.5. The van der Waals surface area contributed by atoms with Crippen LogP contribution in [0.2, 0.25) is 0 Å². The second-order valence-electron chi connectivity index (χ2n) is 15.8. The number of unbranched alkanes of at least 4 members (excludes halogenated alkanes) is 10. The molecule has 3 atom stereocenters. The SMILES string of the molecule is CC/C=C\C/C=C\C/C=C\C/C=C\C/C=C\CC(CC(=O)NC(CO)C(O)CCCCCCCCCCCCC)OC(=O)CC/C=C/C/C=C/C/C=C/C/C=C/C/C=C/CC. The summed E-state index contributed by atoms with van der Waals surface area (Å²) in [6.45, 7) is 6.18. The van der Waals surface area contributed by atoms with E-state index in [0.29, 0.717) is 19.3 Å². The van der Waals surface area contributed by atoms with Crippen LogP contribution in [0.1, 0.15) is 188 Å². The summed E-state index contributed by atoms with van der Waals surface area (Å²) in [6.07, 6.45) is 65.7. The molecule has 0 bridgehead atoms. The number of amides is 1. The van der Waals surface area contributed by atoms with Crippen molar-refractivity contribution in [3.63, 3.8) is 0 Å². The second-order valence-corrected chi connectivity index (χ2v) is 15.8. The molecular weight excluding hydrogens is 755 g/mol. The van der Waals surface area contributed by atoms with Crippen LogP contribution in [0.3, 0.4) is 0 Å². The minimum absolute atomic E-state index is 0.0383. The van der Waals surface area contributed by atoms with Gasteiger partial charge in [0.2, 0.25) is 5.91 Å². The molecule has 6 heteroatoms. The highest BCUT2D eigenvalue weighted by molar-refractivity contribution is 5.77. The Balaban J connectivity index is 4.89. The fourth-order valence-corrected chi connectivity index (χ4v) is 6.44. The highest BCUT2D eigenvalue weighted by Gasteiger charge is 2.23. The molecular formula is C55H89NO5. The first-order valence-electron chi connectivity index (χ1n) is 24.3.